The molecular formula is C17H19NO6S2. The molecule has 0 unspecified atom stereocenters. The Morgan fingerprint density at radius 1 is 1.27 bits per heavy atom. The maximum absolute atomic E-state index is 13.2. The fraction of sp³-hybridized carbons (Fsp3) is 0.353. The molecule has 140 valence electrons. The van der Waals surface area contributed by atoms with Gasteiger partial charge in [-0.3, -0.25) is 4.79 Å². The van der Waals surface area contributed by atoms with Crippen LogP contribution in [-0.2, 0) is 26.4 Å². The minimum absolute atomic E-state index is 0.0407. The highest BCUT2D eigenvalue weighted by Gasteiger charge is 2.39. The summed E-state index contributed by atoms with van der Waals surface area (Å²) in [6.45, 7) is 1.29. The molecule has 0 radical (unpaired) electrons. The summed E-state index contributed by atoms with van der Waals surface area (Å²) in [5.41, 5.74) is 0.281. The van der Waals surface area contributed by atoms with E-state index in [4.69, 9.17) is 4.42 Å². The van der Waals surface area contributed by atoms with Gasteiger partial charge in [-0.2, -0.15) is 4.31 Å². The molecule has 2 heterocycles. The SMILES string of the molecule is CC(=O)c1cccc(S(=O)(=O)N(Cc2ccco2)[C@@H]2CCS(=O)(=O)C2)c1. The van der Waals surface area contributed by atoms with Crippen molar-refractivity contribution in [3.05, 3.63) is 54.0 Å². The Labute approximate surface area is 152 Å². The number of sulfonamides is 1. The Morgan fingerprint density at radius 2 is 2.04 bits per heavy atom. The number of carbonyl (C=O) groups excluding carboxylic acids is 1. The average Bonchev–Trinajstić information content (AvgIpc) is 3.21. The van der Waals surface area contributed by atoms with Gasteiger partial charge in [-0.25, -0.2) is 16.8 Å². The highest BCUT2D eigenvalue weighted by atomic mass is 32.2. The van der Waals surface area contributed by atoms with Crippen molar-refractivity contribution in [3.8, 4) is 0 Å². The van der Waals surface area contributed by atoms with Crippen molar-refractivity contribution in [2.24, 2.45) is 0 Å². The standard InChI is InChI=1S/C17H19NO6S2/c1-13(19)14-4-2-6-17(10-14)26(22,23)18(11-16-5-3-8-24-16)15-7-9-25(20,21)12-15/h2-6,8,10,15H,7,9,11-12H2,1H3/t15-/m1/s1. The summed E-state index contributed by atoms with van der Waals surface area (Å²) in [5.74, 6) is -0.0991. The zero-order valence-electron chi connectivity index (χ0n) is 14.2. The van der Waals surface area contributed by atoms with Crippen molar-refractivity contribution >= 4 is 25.6 Å². The zero-order chi connectivity index (χ0) is 18.9. The molecule has 0 aliphatic carbocycles. The summed E-state index contributed by atoms with van der Waals surface area (Å²) in [7, 11) is -7.28. The normalized spacial score (nSPS) is 19.7. The molecule has 1 aromatic heterocycles. The summed E-state index contributed by atoms with van der Waals surface area (Å²) in [5, 5.41) is 0. The first kappa shape index (κ1) is 18.8. The van der Waals surface area contributed by atoms with Crippen LogP contribution in [0.5, 0.6) is 0 Å². The first-order valence-electron chi connectivity index (χ1n) is 8.05. The Bertz CT molecular complexity index is 1010. The largest absolute Gasteiger partial charge is 0.468 e. The number of rotatable bonds is 6. The van der Waals surface area contributed by atoms with Gasteiger partial charge in [-0.05, 0) is 37.6 Å². The van der Waals surface area contributed by atoms with Gasteiger partial charge >= 0.3 is 0 Å². The van der Waals surface area contributed by atoms with E-state index in [9.17, 15) is 21.6 Å². The quantitative estimate of drug-likeness (QED) is 0.690. The summed E-state index contributed by atoms with van der Waals surface area (Å²) in [6.07, 6.45) is 1.66. The van der Waals surface area contributed by atoms with E-state index in [0.717, 1.165) is 4.31 Å². The molecular weight excluding hydrogens is 378 g/mol. The molecule has 1 aliphatic rings. The molecule has 0 spiro atoms. The van der Waals surface area contributed by atoms with Crippen LogP contribution in [0.3, 0.4) is 0 Å². The van der Waals surface area contributed by atoms with E-state index in [1.807, 2.05) is 0 Å². The van der Waals surface area contributed by atoms with E-state index in [-0.39, 0.29) is 40.7 Å². The third-order valence-electron chi connectivity index (χ3n) is 4.35. The van der Waals surface area contributed by atoms with Crippen LogP contribution in [-0.4, -0.2) is 44.5 Å². The molecule has 0 N–H and O–H groups in total. The van der Waals surface area contributed by atoms with Crippen LogP contribution >= 0.6 is 0 Å². The predicted octanol–water partition coefficient (Wildman–Crippen LogP) is 1.86. The van der Waals surface area contributed by atoms with Crippen molar-refractivity contribution in [3.63, 3.8) is 0 Å². The van der Waals surface area contributed by atoms with E-state index in [1.165, 1.54) is 37.5 Å². The van der Waals surface area contributed by atoms with Crippen molar-refractivity contribution in [2.75, 3.05) is 11.5 Å². The number of sulfone groups is 1. The van der Waals surface area contributed by atoms with E-state index in [0.29, 0.717) is 5.76 Å². The second-order valence-corrected chi connectivity index (χ2v) is 10.4. The molecule has 1 saturated heterocycles. The Morgan fingerprint density at radius 3 is 2.62 bits per heavy atom. The Balaban J connectivity index is 2.02. The molecule has 1 aliphatic heterocycles. The summed E-state index contributed by atoms with van der Waals surface area (Å²) in [6, 6.07) is 8.37. The molecule has 1 atom stereocenters. The van der Waals surface area contributed by atoms with Crippen LogP contribution in [0.15, 0.2) is 52.0 Å². The van der Waals surface area contributed by atoms with Crippen molar-refractivity contribution in [1.82, 2.24) is 4.31 Å². The Kier molecular flexibility index (Phi) is 5.05. The molecule has 26 heavy (non-hydrogen) atoms. The van der Waals surface area contributed by atoms with E-state index >= 15 is 0 Å². The van der Waals surface area contributed by atoms with Crippen molar-refractivity contribution < 1.29 is 26.0 Å². The van der Waals surface area contributed by atoms with Gasteiger partial charge in [-0.15, -0.1) is 0 Å². The van der Waals surface area contributed by atoms with Crippen molar-refractivity contribution in [1.29, 1.82) is 0 Å². The van der Waals surface area contributed by atoms with Crippen LogP contribution < -0.4 is 0 Å². The van der Waals surface area contributed by atoms with Crippen LogP contribution in [0.2, 0.25) is 0 Å². The predicted molar refractivity (Wildman–Crippen MR) is 94.9 cm³/mol. The lowest BCUT2D eigenvalue weighted by atomic mass is 10.2. The number of hydrogen-bond donors (Lipinski definition) is 0. The van der Waals surface area contributed by atoms with Gasteiger partial charge < -0.3 is 4.42 Å². The second kappa shape index (κ2) is 6.98. The van der Waals surface area contributed by atoms with Gasteiger partial charge in [0.05, 0.1) is 29.2 Å². The highest BCUT2D eigenvalue weighted by Crippen LogP contribution is 2.27. The number of nitrogens with zero attached hydrogens (tertiary/aromatic N) is 1. The van der Waals surface area contributed by atoms with Crippen LogP contribution in [0, 0.1) is 0 Å². The lowest BCUT2D eigenvalue weighted by Gasteiger charge is -2.26. The van der Waals surface area contributed by atoms with E-state index in [2.05, 4.69) is 0 Å². The molecule has 1 fully saturated rings. The first-order chi connectivity index (χ1) is 12.2. The monoisotopic (exact) mass is 397 g/mol. The lowest BCUT2D eigenvalue weighted by molar-refractivity contribution is 0.101. The molecule has 0 saturated carbocycles. The maximum atomic E-state index is 13.2. The fourth-order valence-corrected chi connectivity index (χ4v) is 6.47. The molecule has 0 bridgehead atoms. The summed E-state index contributed by atoms with van der Waals surface area (Å²) < 4.78 is 56.6. The topological polar surface area (TPSA) is 102 Å². The molecule has 2 aromatic rings. The summed E-state index contributed by atoms with van der Waals surface area (Å²) in [4.78, 5) is 11.5. The van der Waals surface area contributed by atoms with Gasteiger partial charge in [0, 0.05) is 11.6 Å². The molecule has 9 heteroatoms. The van der Waals surface area contributed by atoms with E-state index in [1.54, 1.807) is 12.1 Å². The number of ketones is 1. The zero-order valence-corrected chi connectivity index (χ0v) is 15.8. The number of carbonyl (C=O) groups is 1. The summed E-state index contributed by atoms with van der Waals surface area (Å²) >= 11 is 0. The molecule has 3 rings (SSSR count). The second-order valence-electron chi connectivity index (χ2n) is 6.27. The third-order valence-corrected chi connectivity index (χ3v) is 8.00. The van der Waals surface area contributed by atoms with Gasteiger partial charge in [0.1, 0.15) is 5.76 Å². The number of Topliss-reactive ketones (excluding diaryl/α,β-unsaturated/α-hetero) is 1. The molecule has 0 amide bonds. The molecule has 1 aromatic carbocycles. The van der Waals surface area contributed by atoms with Gasteiger partial charge in [0.15, 0.2) is 15.6 Å². The first-order valence-corrected chi connectivity index (χ1v) is 11.3. The molecule has 7 nitrogen and oxygen atoms in total. The number of hydrogen-bond acceptors (Lipinski definition) is 6. The lowest BCUT2D eigenvalue weighted by Crippen LogP contribution is -2.40. The number of benzene rings is 1. The van der Waals surface area contributed by atoms with Gasteiger partial charge in [-0.1, -0.05) is 12.1 Å². The van der Waals surface area contributed by atoms with Gasteiger partial charge in [0.2, 0.25) is 10.0 Å². The Hall–Kier alpha value is -1.97. The van der Waals surface area contributed by atoms with E-state index < -0.39 is 25.9 Å². The van der Waals surface area contributed by atoms with Crippen LogP contribution in [0.1, 0.15) is 29.5 Å². The maximum Gasteiger partial charge on any atom is 0.243 e. The van der Waals surface area contributed by atoms with Crippen LogP contribution in [0.25, 0.3) is 0 Å². The fourth-order valence-electron chi connectivity index (χ4n) is 2.98. The van der Waals surface area contributed by atoms with Gasteiger partial charge in [0.25, 0.3) is 0 Å². The average molecular weight is 397 g/mol. The number of furan rings is 1. The van der Waals surface area contributed by atoms with Crippen molar-refractivity contribution in [2.45, 2.75) is 30.8 Å². The smallest absolute Gasteiger partial charge is 0.243 e. The highest BCUT2D eigenvalue weighted by molar-refractivity contribution is 7.92. The third kappa shape index (κ3) is 3.89. The minimum atomic E-state index is -4.01. The van der Waals surface area contributed by atoms with Crippen LogP contribution in [0.4, 0.5) is 0 Å². The minimum Gasteiger partial charge on any atom is -0.468 e.